The molecule has 1 aliphatic rings. The lowest BCUT2D eigenvalue weighted by molar-refractivity contribution is -0.384. The number of nitrogens with zero attached hydrogens (tertiary/aromatic N) is 1. The standard InChI is InChI=1S/C27H36N3O9P/c1-19(25(31)36-18-20-10-12-21(13-11-20)28-26(32)37-27(2,3)4)29-40(35,38-23-8-6-5-7-9-23)39-24-16-14-22(15-17-24)30(33)34/h5-9,14-17,19-21H,10-13,18H2,1-4H3,(H,28,32)(H,29,35)/t19-,20-,21-,40?/m0/s1. The van der Waals surface area contributed by atoms with Crippen molar-refractivity contribution in [1.82, 2.24) is 10.4 Å². The third-order valence-corrected chi connectivity index (χ3v) is 7.58. The van der Waals surface area contributed by atoms with Crippen LogP contribution in [0.4, 0.5) is 10.5 Å². The van der Waals surface area contributed by atoms with E-state index in [1.54, 1.807) is 30.3 Å². The Labute approximate surface area is 233 Å². The zero-order chi connectivity index (χ0) is 29.3. The molecule has 13 heteroatoms. The van der Waals surface area contributed by atoms with Crippen LogP contribution in [0.2, 0.25) is 0 Å². The van der Waals surface area contributed by atoms with Crippen molar-refractivity contribution in [2.45, 2.75) is 71.1 Å². The maximum absolute atomic E-state index is 13.7. The van der Waals surface area contributed by atoms with Crippen molar-refractivity contribution < 1.29 is 37.6 Å². The smallest absolute Gasteiger partial charge is 0.464 e. The number of carbonyl (C=O) groups excluding carboxylic acids is 2. The van der Waals surface area contributed by atoms with E-state index in [2.05, 4.69) is 10.4 Å². The van der Waals surface area contributed by atoms with Gasteiger partial charge in [0.15, 0.2) is 0 Å². The van der Waals surface area contributed by atoms with Crippen LogP contribution >= 0.6 is 7.75 Å². The molecule has 2 aromatic carbocycles. The lowest BCUT2D eigenvalue weighted by atomic mass is 9.86. The SMILES string of the molecule is C[C@H](NP(=O)(Oc1ccccc1)Oc1ccc([N+](=O)[O-])cc1)C(=O)OC[C@H]1CC[C@H](NC(=O)OC(C)(C)C)CC1. The largest absolute Gasteiger partial charge is 0.513 e. The highest BCUT2D eigenvalue weighted by Gasteiger charge is 2.34. The number of nitro benzene ring substituents is 1. The number of non-ortho nitro benzene ring substituents is 1. The first-order valence-corrected chi connectivity index (χ1v) is 14.6. The Hall–Kier alpha value is -3.63. The molecule has 40 heavy (non-hydrogen) atoms. The van der Waals surface area contributed by atoms with Crippen LogP contribution in [-0.2, 0) is 18.8 Å². The van der Waals surface area contributed by atoms with E-state index in [0.717, 1.165) is 25.7 Å². The fourth-order valence-corrected chi connectivity index (χ4v) is 5.54. The van der Waals surface area contributed by atoms with Crippen molar-refractivity contribution in [1.29, 1.82) is 0 Å². The van der Waals surface area contributed by atoms with Gasteiger partial charge in [0, 0.05) is 18.2 Å². The minimum Gasteiger partial charge on any atom is -0.464 e. The number of para-hydroxylation sites is 1. The van der Waals surface area contributed by atoms with E-state index in [1.165, 1.54) is 31.2 Å². The van der Waals surface area contributed by atoms with Gasteiger partial charge in [-0.1, -0.05) is 18.2 Å². The highest BCUT2D eigenvalue weighted by Crippen LogP contribution is 2.45. The van der Waals surface area contributed by atoms with Gasteiger partial charge in [0.05, 0.1) is 11.5 Å². The van der Waals surface area contributed by atoms with Crippen molar-refractivity contribution in [2.75, 3.05) is 6.61 Å². The Morgan fingerprint density at radius 1 is 1.00 bits per heavy atom. The predicted octanol–water partition coefficient (Wildman–Crippen LogP) is 5.77. The van der Waals surface area contributed by atoms with Crippen LogP contribution in [0.25, 0.3) is 0 Å². The Kier molecular flexibility index (Phi) is 10.5. The number of benzene rings is 2. The van der Waals surface area contributed by atoms with Crippen molar-refractivity contribution in [3.05, 3.63) is 64.7 Å². The second-order valence-electron chi connectivity index (χ2n) is 10.6. The van der Waals surface area contributed by atoms with Crippen LogP contribution in [0.1, 0.15) is 53.4 Å². The molecule has 1 amide bonds. The molecule has 1 fully saturated rings. The summed E-state index contributed by atoms with van der Waals surface area (Å²) in [5.74, 6) is -0.234. The highest BCUT2D eigenvalue weighted by atomic mass is 31.2. The molecule has 2 N–H and O–H groups in total. The number of carbonyl (C=O) groups is 2. The minimum absolute atomic E-state index is 0.0000216. The van der Waals surface area contributed by atoms with Gasteiger partial charge in [-0.15, -0.1) is 0 Å². The summed E-state index contributed by atoms with van der Waals surface area (Å²) in [6.45, 7) is 7.08. The van der Waals surface area contributed by atoms with E-state index >= 15 is 0 Å². The zero-order valence-corrected chi connectivity index (χ0v) is 23.9. The number of hydrogen-bond acceptors (Lipinski definition) is 9. The minimum atomic E-state index is -4.18. The number of nitro groups is 1. The molecule has 0 aliphatic heterocycles. The second kappa shape index (κ2) is 13.6. The van der Waals surface area contributed by atoms with Crippen LogP contribution < -0.4 is 19.5 Å². The molecule has 2 atom stereocenters. The van der Waals surface area contributed by atoms with Crippen molar-refractivity contribution >= 4 is 25.5 Å². The predicted molar refractivity (Wildman–Crippen MR) is 147 cm³/mol. The van der Waals surface area contributed by atoms with Crippen LogP contribution in [0.3, 0.4) is 0 Å². The zero-order valence-electron chi connectivity index (χ0n) is 23.0. The number of esters is 1. The normalized spacial score (nSPS) is 19.4. The Morgan fingerprint density at radius 3 is 2.12 bits per heavy atom. The first-order valence-electron chi connectivity index (χ1n) is 13.0. The van der Waals surface area contributed by atoms with E-state index in [9.17, 15) is 24.3 Å². The number of hydrogen-bond donors (Lipinski definition) is 2. The summed E-state index contributed by atoms with van der Waals surface area (Å²) in [7, 11) is -4.18. The maximum atomic E-state index is 13.7. The van der Waals surface area contributed by atoms with Crippen LogP contribution in [0, 0.1) is 16.0 Å². The molecule has 0 radical (unpaired) electrons. The molecular weight excluding hydrogens is 541 g/mol. The summed E-state index contributed by atoms with van der Waals surface area (Å²) in [5.41, 5.74) is -0.728. The number of amides is 1. The van der Waals surface area contributed by atoms with E-state index in [-0.39, 0.29) is 35.8 Å². The fourth-order valence-electron chi connectivity index (χ4n) is 4.02. The van der Waals surface area contributed by atoms with Gasteiger partial charge in [0.25, 0.3) is 5.69 Å². The van der Waals surface area contributed by atoms with Gasteiger partial charge in [-0.25, -0.2) is 9.36 Å². The molecule has 1 saturated carbocycles. The van der Waals surface area contributed by atoms with E-state index in [4.69, 9.17) is 18.5 Å². The van der Waals surface area contributed by atoms with E-state index < -0.39 is 36.4 Å². The average Bonchev–Trinajstić information content (AvgIpc) is 2.87. The van der Waals surface area contributed by atoms with Gasteiger partial charge in [-0.05, 0) is 83.6 Å². The lowest BCUT2D eigenvalue weighted by Gasteiger charge is -2.30. The molecule has 0 bridgehead atoms. The van der Waals surface area contributed by atoms with Gasteiger partial charge in [0.1, 0.15) is 23.1 Å². The summed E-state index contributed by atoms with van der Waals surface area (Å²) in [5, 5.41) is 16.4. The first kappa shape index (κ1) is 30.9. The van der Waals surface area contributed by atoms with Crippen LogP contribution in [-0.4, -0.2) is 41.3 Å². The molecule has 2 aromatic rings. The molecule has 1 aliphatic carbocycles. The lowest BCUT2D eigenvalue weighted by Crippen LogP contribution is -2.41. The number of nitrogens with one attached hydrogen (secondary N) is 2. The molecule has 218 valence electrons. The monoisotopic (exact) mass is 577 g/mol. The molecule has 0 spiro atoms. The van der Waals surface area contributed by atoms with Crippen molar-refractivity contribution in [3.63, 3.8) is 0 Å². The molecule has 0 heterocycles. The summed E-state index contributed by atoms with van der Waals surface area (Å²) in [6, 6.07) is 12.2. The number of alkyl carbamates (subject to hydrolysis) is 1. The number of rotatable bonds is 11. The summed E-state index contributed by atoms with van der Waals surface area (Å²) < 4.78 is 35.6. The van der Waals surface area contributed by atoms with Crippen molar-refractivity contribution in [2.24, 2.45) is 5.92 Å². The molecule has 0 aromatic heterocycles. The molecule has 0 saturated heterocycles. The summed E-state index contributed by atoms with van der Waals surface area (Å²) in [6.07, 6.45) is 2.54. The Balaban J connectivity index is 1.54. The topological polar surface area (TPSA) is 155 Å². The van der Waals surface area contributed by atoms with E-state index in [0.29, 0.717) is 0 Å². The van der Waals surface area contributed by atoms with Gasteiger partial charge in [0.2, 0.25) is 0 Å². The van der Waals surface area contributed by atoms with Crippen LogP contribution in [0.15, 0.2) is 54.6 Å². The van der Waals surface area contributed by atoms with E-state index in [1.807, 2.05) is 20.8 Å². The molecule has 1 unspecified atom stereocenters. The van der Waals surface area contributed by atoms with Crippen molar-refractivity contribution in [3.8, 4) is 11.5 Å². The Bertz CT molecular complexity index is 1190. The van der Waals surface area contributed by atoms with Gasteiger partial charge >= 0.3 is 19.8 Å². The maximum Gasteiger partial charge on any atom is 0.513 e. The summed E-state index contributed by atoms with van der Waals surface area (Å²) in [4.78, 5) is 35.1. The average molecular weight is 578 g/mol. The van der Waals surface area contributed by atoms with Gasteiger partial charge in [-0.3, -0.25) is 14.9 Å². The van der Waals surface area contributed by atoms with Crippen LogP contribution in [0.5, 0.6) is 11.5 Å². The molecule has 12 nitrogen and oxygen atoms in total. The van der Waals surface area contributed by atoms with Gasteiger partial charge < -0.3 is 23.8 Å². The third-order valence-electron chi connectivity index (χ3n) is 5.98. The first-order chi connectivity index (χ1) is 18.8. The Morgan fingerprint density at radius 2 is 1.57 bits per heavy atom. The third kappa shape index (κ3) is 10.2. The summed E-state index contributed by atoms with van der Waals surface area (Å²) >= 11 is 0. The number of ether oxygens (including phenoxy) is 2. The fraction of sp³-hybridized carbons (Fsp3) is 0.481. The quantitative estimate of drug-likeness (QED) is 0.146. The molecular formula is C27H36N3O9P. The highest BCUT2D eigenvalue weighted by molar-refractivity contribution is 7.52. The molecule has 3 rings (SSSR count). The second-order valence-corrected chi connectivity index (χ2v) is 12.2. The van der Waals surface area contributed by atoms with Gasteiger partial charge in [-0.2, -0.15) is 5.09 Å².